The molecule has 0 spiro atoms. The molecule has 100 valence electrons. The van der Waals surface area contributed by atoms with Crippen molar-refractivity contribution in [2.75, 3.05) is 7.11 Å². The SMILES string of the molecule is COc1cc(Cc2c(C)[nH]c(=S)[nH]c2=O)ccc1O. The molecule has 0 bridgehead atoms. The van der Waals surface area contributed by atoms with Crippen LogP contribution in [-0.4, -0.2) is 22.2 Å². The fourth-order valence-electron chi connectivity index (χ4n) is 1.87. The highest BCUT2D eigenvalue weighted by Crippen LogP contribution is 2.27. The smallest absolute Gasteiger partial charge is 0.255 e. The van der Waals surface area contributed by atoms with Gasteiger partial charge in [0.1, 0.15) is 0 Å². The number of aryl methyl sites for hydroxylation is 1. The number of aromatic hydroxyl groups is 1. The number of hydrogen-bond donors (Lipinski definition) is 3. The number of phenols is 1. The van der Waals surface area contributed by atoms with Gasteiger partial charge in [-0.15, -0.1) is 0 Å². The predicted octanol–water partition coefficient (Wildman–Crippen LogP) is 2.05. The number of nitrogens with one attached hydrogen (secondary N) is 2. The molecule has 5 nitrogen and oxygen atoms in total. The van der Waals surface area contributed by atoms with Crippen molar-refractivity contribution in [3.05, 3.63) is 50.1 Å². The van der Waals surface area contributed by atoms with Crippen LogP contribution in [0.3, 0.4) is 0 Å². The number of rotatable bonds is 3. The monoisotopic (exact) mass is 278 g/mol. The van der Waals surface area contributed by atoms with Gasteiger partial charge in [0.05, 0.1) is 7.11 Å². The highest BCUT2D eigenvalue weighted by Gasteiger charge is 2.08. The molecule has 0 atom stereocenters. The highest BCUT2D eigenvalue weighted by atomic mass is 32.1. The maximum absolute atomic E-state index is 11.9. The van der Waals surface area contributed by atoms with Gasteiger partial charge in [-0.25, -0.2) is 0 Å². The number of benzene rings is 1. The van der Waals surface area contributed by atoms with E-state index in [0.29, 0.717) is 22.5 Å². The Labute approximate surface area is 114 Å². The normalized spacial score (nSPS) is 10.4. The van der Waals surface area contributed by atoms with Gasteiger partial charge < -0.3 is 14.8 Å². The molecule has 0 amide bonds. The topological polar surface area (TPSA) is 78.1 Å². The Morgan fingerprint density at radius 2 is 2.11 bits per heavy atom. The van der Waals surface area contributed by atoms with E-state index in [-0.39, 0.29) is 11.3 Å². The summed E-state index contributed by atoms with van der Waals surface area (Å²) in [4.78, 5) is 17.3. The van der Waals surface area contributed by atoms with Gasteiger partial charge in [0.15, 0.2) is 16.3 Å². The number of ether oxygens (including phenoxy) is 1. The third-order valence-corrected chi connectivity index (χ3v) is 3.08. The van der Waals surface area contributed by atoms with Crippen molar-refractivity contribution < 1.29 is 9.84 Å². The summed E-state index contributed by atoms with van der Waals surface area (Å²) in [6, 6.07) is 5.00. The summed E-state index contributed by atoms with van der Waals surface area (Å²) in [5, 5.41) is 9.53. The predicted molar refractivity (Wildman–Crippen MR) is 74.4 cm³/mol. The van der Waals surface area contributed by atoms with Crippen molar-refractivity contribution in [2.24, 2.45) is 0 Å². The zero-order valence-corrected chi connectivity index (χ0v) is 11.4. The largest absolute Gasteiger partial charge is 0.504 e. The molecule has 0 aliphatic carbocycles. The van der Waals surface area contributed by atoms with Crippen molar-refractivity contribution in [3.8, 4) is 11.5 Å². The lowest BCUT2D eigenvalue weighted by molar-refractivity contribution is 0.373. The molecule has 2 aromatic rings. The molecular weight excluding hydrogens is 264 g/mol. The molecule has 0 aliphatic heterocycles. The third-order valence-electron chi connectivity index (χ3n) is 2.88. The van der Waals surface area contributed by atoms with Gasteiger partial charge in [-0.3, -0.25) is 9.78 Å². The van der Waals surface area contributed by atoms with Crippen LogP contribution < -0.4 is 10.3 Å². The van der Waals surface area contributed by atoms with Gasteiger partial charge in [-0.2, -0.15) is 0 Å². The zero-order chi connectivity index (χ0) is 14.0. The minimum absolute atomic E-state index is 0.0735. The summed E-state index contributed by atoms with van der Waals surface area (Å²) in [6.07, 6.45) is 0.434. The number of phenolic OH excluding ortho intramolecular Hbond substituents is 1. The average molecular weight is 278 g/mol. The van der Waals surface area contributed by atoms with Crippen LogP contribution in [0.25, 0.3) is 0 Å². The summed E-state index contributed by atoms with van der Waals surface area (Å²) >= 11 is 4.90. The second-order valence-electron chi connectivity index (χ2n) is 4.19. The Hall–Kier alpha value is -2.08. The van der Waals surface area contributed by atoms with Crippen molar-refractivity contribution in [1.29, 1.82) is 0 Å². The first kappa shape index (κ1) is 13.4. The van der Waals surface area contributed by atoms with Crippen LogP contribution >= 0.6 is 12.2 Å². The number of methoxy groups -OCH3 is 1. The Bertz CT molecular complexity index is 719. The molecule has 0 saturated carbocycles. The first-order valence-corrected chi connectivity index (χ1v) is 6.10. The second kappa shape index (κ2) is 5.27. The van der Waals surface area contributed by atoms with E-state index < -0.39 is 0 Å². The maximum atomic E-state index is 11.9. The van der Waals surface area contributed by atoms with Gasteiger partial charge in [-0.1, -0.05) is 6.07 Å². The van der Waals surface area contributed by atoms with Crippen LogP contribution in [0.1, 0.15) is 16.8 Å². The van der Waals surface area contributed by atoms with Crippen molar-refractivity contribution in [2.45, 2.75) is 13.3 Å². The molecule has 0 radical (unpaired) electrons. The summed E-state index contributed by atoms with van der Waals surface area (Å²) < 4.78 is 5.36. The van der Waals surface area contributed by atoms with Crippen molar-refractivity contribution in [1.82, 2.24) is 9.97 Å². The molecule has 0 fully saturated rings. The summed E-state index contributed by atoms with van der Waals surface area (Å²) in [6.45, 7) is 1.80. The third kappa shape index (κ3) is 2.85. The molecule has 19 heavy (non-hydrogen) atoms. The Morgan fingerprint density at radius 3 is 2.74 bits per heavy atom. The second-order valence-corrected chi connectivity index (χ2v) is 4.60. The molecule has 0 aliphatic rings. The fraction of sp³-hybridized carbons (Fsp3) is 0.231. The number of H-pyrrole nitrogens is 2. The van der Waals surface area contributed by atoms with Gasteiger partial charge in [0.25, 0.3) is 5.56 Å². The van der Waals surface area contributed by atoms with Crippen LogP contribution in [0.15, 0.2) is 23.0 Å². The van der Waals surface area contributed by atoms with Crippen molar-refractivity contribution >= 4 is 12.2 Å². The van der Waals surface area contributed by atoms with Crippen LogP contribution in [0.5, 0.6) is 11.5 Å². The van der Waals surface area contributed by atoms with Crippen molar-refractivity contribution in [3.63, 3.8) is 0 Å². The standard InChI is InChI=1S/C13H14N2O3S/c1-7-9(12(17)15-13(19)14-7)5-8-3-4-10(16)11(6-8)18-2/h3-4,6,16H,5H2,1-2H3,(H2,14,15,17,19). The first-order valence-electron chi connectivity index (χ1n) is 5.69. The average Bonchev–Trinajstić information content (AvgIpc) is 2.35. The molecule has 2 rings (SSSR count). The summed E-state index contributed by atoms with van der Waals surface area (Å²) in [7, 11) is 1.48. The molecule has 1 aromatic carbocycles. The van der Waals surface area contributed by atoms with E-state index in [2.05, 4.69) is 9.97 Å². The lowest BCUT2D eigenvalue weighted by Gasteiger charge is -2.08. The molecular formula is C13H14N2O3S. The minimum atomic E-state index is -0.201. The summed E-state index contributed by atoms with van der Waals surface area (Å²) in [5.41, 5.74) is 2.02. The molecule has 3 N–H and O–H groups in total. The maximum Gasteiger partial charge on any atom is 0.255 e. The van der Waals surface area contributed by atoms with E-state index >= 15 is 0 Å². The lowest BCUT2D eigenvalue weighted by atomic mass is 10.0. The van der Waals surface area contributed by atoms with Gasteiger partial charge >= 0.3 is 0 Å². The quantitative estimate of drug-likeness (QED) is 0.751. The van der Waals surface area contributed by atoms with E-state index in [1.165, 1.54) is 7.11 Å². The number of aromatic amines is 2. The highest BCUT2D eigenvalue weighted by molar-refractivity contribution is 7.71. The Morgan fingerprint density at radius 1 is 1.37 bits per heavy atom. The minimum Gasteiger partial charge on any atom is -0.504 e. The molecule has 1 heterocycles. The van der Waals surface area contributed by atoms with Gasteiger partial charge in [-0.05, 0) is 36.8 Å². The van der Waals surface area contributed by atoms with E-state index in [1.807, 2.05) is 0 Å². The van der Waals surface area contributed by atoms with E-state index in [4.69, 9.17) is 17.0 Å². The van der Waals surface area contributed by atoms with Crippen LogP contribution in [0, 0.1) is 11.7 Å². The summed E-state index contributed by atoms with van der Waals surface area (Å²) in [5.74, 6) is 0.458. The number of aromatic nitrogens is 2. The first-order chi connectivity index (χ1) is 9.01. The Balaban J connectivity index is 2.42. The molecule has 6 heteroatoms. The van der Waals surface area contributed by atoms with Crippen LogP contribution in [0.2, 0.25) is 0 Å². The molecule has 1 aromatic heterocycles. The van der Waals surface area contributed by atoms with Crippen LogP contribution in [0.4, 0.5) is 0 Å². The van der Waals surface area contributed by atoms with Gasteiger partial charge in [0, 0.05) is 17.7 Å². The van der Waals surface area contributed by atoms with E-state index in [1.54, 1.807) is 25.1 Å². The van der Waals surface area contributed by atoms with Crippen LogP contribution in [-0.2, 0) is 6.42 Å². The Kier molecular flexibility index (Phi) is 3.71. The van der Waals surface area contributed by atoms with E-state index in [9.17, 15) is 9.90 Å². The molecule has 0 unspecified atom stereocenters. The van der Waals surface area contributed by atoms with Gasteiger partial charge in [0.2, 0.25) is 0 Å². The number of hydrogen-bond acceptors (Lipinski definition) is 4. The fourth-order valence-corrected chi connectivity index (χ4v) is 2.12. The zero-order valence-electron chi connectivity index (χ0n) is 10.6. The van der Waals surface area contributed by atoms with E-state index in [0.717, 1.165) is 11.3 Å². The molecule has 0 saturated heterocycles. The lowest BCUT2D eigenvalue weighted by Crippen LogP contribution is -2.16.